The van der Waals surface area contributed by atoms with Crippen LogP contribution in [0.1, 0.15) is 32.1 Å². The summed E-state index contributed by atoms with van der Waals surface area (Å²) in [4.78, 5) is 26.0. The van der Waals surface area contributed by atoms with Crippen molar-refractivity contribution in [2.45, 2.75) is 32.1 Å². The summed E-state index contributed by atoms with van der Waals surface area (Å²) in [5, 5.41) is 5.36. The molecule has 8 heteroatoms. The molecule has 2 rings (SSSR count). The van der Waals surface area contributed by atoms with E-state index in [-0.39, 0.29) is 18.1 Å². The molecule has 0 fully saturated rings. The summed E-state index contributed by atoms with van der Waals surface area (Å²) in [7, 11) is 0. The van der Waals surface area contributed by atoms with E-state index in [2.05, 4.69) is 10.6 Å². The first-order valence-corrected chi connectivity index (χ1v) is 10.1. The second kappa shape index (κ2) is 12.5. The lowest BCUT2D eigenvalue weighted by molar-refractivity contribution is -0.121. The lowest BCUT2D eigenvalue weighted by Gasteiger charge is -2.23. The van der Waals surface area contributed by atoms with Crippen molar-refractivity contribution in [1.29, 1.82) is 0 Å². The van der Waals surface area contributed by atoms with Crippen LogP contribution in [0.25, 0.3) is 0 Å². The van der Waals surface area contributed by atoms with Gasteiger partial charge in [0, 0.05) is 25.2 Å². The third-order valence-corrected chi connectivity index (χ3v) is 4.49. The van der Waals surface area contributed by atoms with Crippen molar-refractivity contribution < 1.29 is 18.4 Å². The van der Waals surface area contributed by atoms with Gasteiger partial charge in [-0.05, 0) is 62.2 Å². The molecule has 0 aromatic heterocycles. The van der Waals surface area contributed by atoms with Crippen LogP contribution in [0.5, 0.6) is 0 Å². The Labute approximate surface area is 175 Å². The van der Waals surface area contributed by atoms with Gasteiger partial charge in [-0.3, -0.25) is 9.69 Å². The monoisotopic (exact) mass is 418 g/mol. The second-order valence-corrected chi connectivity index (χ2v) is 6.84. The van der Waals surface area contributed by atoms with Crippen molar-refractivity contribution in [1.82, 2.24) is 5.32 Å². The minimum Gasteiger partial charge on any atom is -0.356 e. The summed E-state index contributed by atoms with van der Waals surface area (Å²) in [6.45, 7) is 1.27. The van der Waals surface area contributed by atoms with Gasteiger partial charge in [0.15, 0.2) is 0 Å². The molecule has 6 nitrogen and oxygen atoms in total. The number of anilines is 2. The van der Waals surface area contributed by atoms with Gasteiger partial charge in [-0.2, -0.15) is 0 Å². The van der Waals surface area contributed by atoms with Crippen molar-refractivity contribution in [3.05, 3.63) is 60.2 Å². The molecule has 3 amide bonds. The molecule has 2 aromatic carbocycles. The van der Waals surface area contributed by atoms with E-state index in [0.717, 1.165) is 19.3 Å². The molecular weight excluding hydrogens is 390 g/mol. The molecule has 0 aliphatic carbocycles. The maximum Gasteiger partial charge on any atom is 0.326 e. The van der Waals surface area contributed by atoms with Crippen molar-refractivity contribution in [2.24, 2.45) is 5.73 Å². The van der Waals surface area contributed by atoms with Crippen LogP contribution in [0.4, 0.5) is 25.0 Å². The van der Waals surface area contributed by atoms with Crippen molar-refractivity contribution >= 4 is 23.3 Å². The molecular formula is C22H28F2N4O2. The molecule has 0 radical (unpaired) electrons. The number of nitrogens with two attached hydrogens (primary N) is 1. The number of carbonyl (C=O) groups excluding carboxylic acids is 2. The van der Waals surface area contributed by atoms with Gasteiger partial charge in [-0.15, -0.1) is 0 Å². The maximum absolute atomic E-state index is 13.9. The number of nitrogens with one attached hydrogen (secondary N) is 2. The zero-order chi connectivity index (χ0) is 21.8. The van der Waals surface area contributed by atoms with E-state index in [1.807, 2.05) is 0 Å². The number of amides is 3. The van der Waals surface area contributed by atoms with Gasteiger partial charge in [-0.25, -0.2) is 13.6 Å². The molecule has 0 bridgehead atoms. The van der Waals surface area contributed by atoms with E-state index in [9.17, 15) is 18.4 Å². The lowest BCUT2D eigenvalue weighted by atomic mass is 10.2. The third-order valence-electron chi connectivity index (χ3n) is 4.49. The second-order valence-electron chi connectivity index (χ2n) is 6.84. The number of rotatable bonds is 11. The standard InChI is InChI=1S/C22H28F2N4O2/c23-17-10-12-18(13-11-17)28(22(30)27-20-8-4-3-7-19(20)24)16-6-15-26-21(29)9-2-1-5-14-25/h3-4,7-8,10-13H,1-2,5-6,9,14-16,25H2,(H,26,29)(H,27,30). The summed E-state index contributed by atoms with van der Waals surface area (Å²) in [6.07, 6.45) is 3.53. The summed E-state index contributed by atoms with van der Waals surface area (Å²) in [5.74, 6) is -1.02. The Kier molecular flexibility index (Phi) is 9.73. The molecule has 0 spiro atoms. The molecule has 0 saturated carbocycles. The largest absolute Gasteiger partial charge is 0.356 e. The van der Waals surface area contributed by atoms with Gasteiger partial charge in [0.05, 0.1) is 5.69 Å². The van der Waals surface area contributed by atoms with Crippen LogP contribution in [0, 0.1) is 11.6 Å². The molecule has 0 heterocycles. The van der Waals surface area contributed by atoms with Gasteiger partial charge in [0.2, 0.25) is 5.91 Å². The first kappa shape index (κ1) is 23.3. The average molecular weight is 418 g/mol. The molecule has 162 valence electrons. The molecule has 0 aliphatic heterocycles. The number of urea groups is 1. The van der Waals surface area contributed by atoms with Crippen molar-refractivity contribution in [2.75, 3.05) is 29.9 Å². The molecule has 2 aromatic rings. The fourth-order valence-electron chi connectivity index (χ4n) is 2.87. The fourth-order valence-corrected chi connectivity index (χ4v) is 2.87. The zero-order valence-electron chi connectivity index (χ0n) is 16.9. The highest BCUT2D eigenvalue weighted by atomic mass is 19.1. The molecule has 0 atom stereocenters. The Bertz CT molecular complexity index is 815. The van der Waals surface area contributed by atoms with E-state index in [4.69, 9.17) is 5.73 Å². The van der Waals surface area contributed by atoms with Crippen LogP contribution in [-0.4, -0.2) is 31.6 Å². The van der Waals surface area contributed by atoms with E-state index < -0.39 is 17.7 Å². The number of hydrogen-bond donors (Lipinski definition) is 3. The molecule has 0 aliphatic rings. The zero-order valence-corrected chi connectivity index (χ0v) is 16.9. The Morgan fingerprint density at radius 2 is 1.67 bits per heavy atom. The van der Waals surface area contributed by atoms with Gasteiger partial charge in [0.25, 0.3) is 0 Å². The third kappa shape index (κ3) is 7.79. The molecule has 0 unspecified atom stereocenters. The Morgan fingerprint density at radius 1 is 0.933 bits per heavy atom. The first-order valence-electron chi connectivity index (χ1n) is 10.1. The quantitative estimate of drug-likeness (QED) is 0.482. The summed E-state index contributed by atoms with van der Waals surface area (Å²) in [5.41, 5.74) is 5.96. The number of nitrogens with zero attached hydrogens (tertiary/aromatic N) is 1. The highest BCUT2D eigenvalue weighted by molar-refractivity contribution is 6.01. The van der Waals surface area contributed by atoms with E-state index in [1.165, 1.54) is 47.4 Å². The number of benzene rings is 2. The van der Waals surface area contributed by atoms with Crippen LogP contribution >= 0.6 is 0 Å². The summed E-state index contributed by atoms with van der Waals surface area (Å²) in [6, 6.07) is 10.8. The number of para-hydroxylation sites is 1. The van der Waals surface area contributed by atoms with Crippen LogP contribution < -0.4 is 21.3 Å². The maximum atomic E-state index is 13.9. The number of hydrogen-bond acceptors (Lipinski definition) is 3. The van der Waals surface area contributed by atoms with E-state index in [0.29, 0.717) is 31.6 Å². The Balaban J connectivity index is 1.92. The van der Waals surface area contributed by atoms with Crippen LogP contribution in [-0.2, 0) is 4.79 Å². The fraction of sp³-hybridized carbons (Fsp3) is 0.364. The normalized spacial score (nSPS) is 10.5. The number of halogens is 2. The van der Waals surface area contributed by atoms with Crippen molar-refractivity contribution in [3.8, 4) is 0 Å². The topological polar surface area (TPSA) is 87.5 Å². The Morgan fingerprint density at radius 3 is 2.37 bits per heavy atom. The van der Waals surface area contributed by atoms with Gasteiger partial charge >= 0.3 is 6.03 Å². The SMILES string of the molecule is NCCCCCC(=O)NCCCN(C(=O)Nc1ccccc1F)c1ccc(F)cc1. The van der Waals surface area contributed by atoms with E-state index in [1.54, 1.807) is 6.07 Å². The highest BCUT2D eigenvalue weighted by Crippen LogP contribution is 2.19. The molecule has 4 N–H and O–H groups in total. The van der Waals surface area contributed by atoms with Crippen LogP contribution in [0.2, 0.25) is 0 Å². The Hall–Kier alpha value is -3.00. The summed E-state index contributed by atoms with van der Waals surface area (Å²) < 4.78 is 27.2. The van der Waals surface area contributed by atoms with Crippen LogP contribution in [0.15, 0.2) is 48.5 Å². The van der Waals surface area contributed by atoms with Crippen molar-refractivity contribution in [3.63, 3.8) is 0 Å². The lowest BCUT2D eigenvalue weighted by Crippen LogP contribution is -2.37. The predicted molar refractivity (Wildman–Crippen MR) is 114 cm³/mol. The minimum absolute atomic E-state index is 0.0452. The number of carbonyl (C=O) groups is 2. The smallest absolute Gasteiger partial charge is 0.326 e. The van der Waals surface area contributed by atoms with Gasteiger partial charge < -0.3 is 16.4 Å². The highest BCUT2D eigenvalue weighted by Gasteiger charge is 2.17. The van der Waals surface area contributed by atoms with Gasteiger partial charge in [-0.1, -0.05) is 18.6 Å². The van der Waals surface area contributed by atoms with Crippen LogP contribution in [0.3, 0.4) is 0 Å². The van der Waals surface area contributed by atoms with E-state index >= 15 is 0 Å². The first-order chi connectivity index (χ1) is 14.5. The number of unbranched alkanes of at least 4 members (excludes halogenated alkanes) is 2. The summed E-state index contributed by atoms with van der Waals surface area (Å²) >= 11 is 0. The average Bonchev–Trinajstić information content (AvgIpc) is 2.74. The van der Waals surface area contributed by atoms with Gasteiger partial charge in [0.1, 0.15) is 11.6 Å². The minimum atomic E-state index is -0.549. The molecule has 30 heavy (non-hydrogen) atoms. The molecule has 0 saturated heterocycles. The predicted octanol–water partition coefficient (Wildman–Crippen LogP) is 4.03.